The van der Waals surface area contributed by atoms with Crippen molar-refractivity contribution in [2.45, 2.75) is 18.9 Å². The van der Waals surface area contributed by atoms with Gasteiger partial charge in [-0.05, 0) is 29.8 Å². The molecule has 0 fully saturated rings. The van der Waals surface area contributed by atoms with E-state index in [0.717, 1.165) is 17.0 Å². The van der Waals surface area contributed by atoms with Crippen molar-refractivity contribution in [2.24, 2.45) is 5.16 Å². The number of ether oxygens (including phenoxy) is 1. The summed E-state index contributed by atoms with van der Waals surface area (Å²) in [7, 11) is 1.61. The molecule has 2 rings (SSSR count). The summed E-state index contributed by atoms with van der Waals surface area (Å²) in [4.78, 5) is 15.6. The van der Waals surface area contributed by atoms with Crippen LogP contribution in [0.4, 0.5) is 0 Å². The fourth-order valence-corrected chi connectivity index (χ4v) is 1.69. The molecule has 5 heteroatoms. The van der Waals surface area contributed by atoms with E-state index in [9.17, 15) is 4.79 Å². The minimum Gasteiger partial charge on any atom is -0.497 e. The Morgan fingerprint density at radius 2 is 2.24 bits per heavy atom. The van der Waals surface area contributed by atoms with Crippen molar-refractivity contribution in [2.75, 3.05) is 7.11 Å². The third-order valence-electron chi connectivity index (χ3n) is 2.56. The molecule has 1 aromatic rings. The highest BCUT2D eigenvalue weighted by molar-refractivity contribution is 6.01. The molecule has 1 aliphatic heterocycles. The van der Waals surface area contributed by atoms with E-state index in [-0.39, 0.29) is 12.5 Å². The molecule has 1 N–H and O–H groups in total. The molecule has 0 saturated heterocycles. The largest absolute Gasteiger partial charge is 0.497 e. The number of oxime groups is 1. The lowest BCUT2D eigenvalue weighted by atomic mass is 10.0. The zero-order valence-electron chi connectivity index (χ0n) is 9.42. The van der Waals surface area contributed by atoms with Crippen LogP contribution in [0.1, 0.15) is 18.4 Å². The predicted octanol–water partition coefficient (Wildman–Crippen LogP) is 1.66. The van der Waals surface area contributed by atoms with Crippen LogP contribution < -0.4 is 4.74 Å². The lowest BCUT2D eigenvalue weighted by molar-refractivity contribution is -0.139. The summed E-state index contributed by atoms with van der Waals surface area (Å²) in [5, 5.41) is 12.6. The zero-order valence-corrected chi connectivity index (χ0v) is 9.42. The van der Waals surface area contributed by atoms with E-state index in [0.29, 0.717) is 6.42 Å². The van der Waals surface area contributed by atoms with Gasteiger partial charge in [0.05, 0.1) is 19.2 Å². The Hall–Kier alpha value is -2.04. The molecule has 0 radical (unpaired) electrons. The average Bonchev–Trinajstić information content (AvgIpc) is 2.77. The number of hydrogen-bond acceptors (Lipinski definition) is 4. The van der Waals surface area contributed by atoms with Crippen molar-refractivity contribution in [3.63, 3.8) is 0 Å². The Bertz CT molecular complexity index is 438. The molecule has 0 bridgehead atoms. The van der Waals surface area contributed by atoms with Gasteiger partial charge in [0, 0.05) is 6.42 Å². The minimum absolute atomic E-state index is 0.0246. The summed E-state index contributed by atoms with van der Waals surface area (Å²) >= 11 is 0. The van der Waals surface area contributed by atoms with Gasteiger partial charge < -0.3 is 14.7 Å². The number of benzene rings is 1. The number of aliphatic carboxylic acids is 1. The lowest BCUT2D eigenvalue weighted by Gasteiger charge is -2.03. The summed E-state index contributed by atoms with van der Waals surface area (Å²) in [5.41, 5.74) is 1.71. The Morgan fingerprint density at radius 1 is 1.53 bits per heavy atom. The second-order valence-electron chi connectivity index (χ2n) is 3.80. The molecule has 0 saturated carbocycles. The van der Waals surface area contributed by atoms with Crippen molar-refractivity contribution in [1.29, 1.82) is 0 Å². The van der Waals surface area contributed by atoms with Gasteiger partial charge in [0.15, 0.2) is 0 Å². The van der Waals surface area contributed by atoms with E-state index in [2.05, 4.69) is 5.16 Å². The number of carboxylic acid groups (broad SMARTS) is 1. The van der Waals surface area contributed by atoms with E-state index in [1.807, 2.05) is 24.3 Å². The van der Waals surface area contributed by atoms with Crippen molar-refractivity contribution < 1.29 is 19.5 Å². The van der Waals surface area contributed by atoms with Crippen LogP contribution in [0.25, 0.3) is 0 Å². The van der Waals surface area contributed by atoms with E-state index < -0.39 is 5.97 Å². The number of methoxy groups -OCH3 is 1. The van der Waals surface area contributed by atoms with Gasteiger partial charge in [-0.1, -0.05) is 5.16 Å². The molecule has 1 atom stereocenters. The molecular weight excluding hydrogens is 222 g/mol. The summed E-state index contributed by atoms with van der Waals surface area (Å²) in [6.07, 6.45) is 0.145. The topological polar surface area (TPSA) is 68.1 Å². The Morgan fingerprint density at radius 3 is 2.82 bits per heavy atom. The van der Waals surface area contributed by atoms with Crippen molar-refractivity contribution in [1.82, 2.24) is 0 Å². The normalized spacial score (nSPS) is 18.4. The van der Waals surface area contributed by atoms with Gasteiger partial charge in [0.2, 0.25) is 0 Å². The van der Waals surface area contributed by atoms with Crippen molar-refractivity contribution >= 4 is 11.7 Å². The first-order valence-electron chi connectivity index (χ1n) is 5.28. The number of nitrogens with zero attached hydrogens (tertiary/aromatic N) is 1. The van der Waals surface area contributed by atoms with Crippen LogP contribution in [-0.4, -0.2) is 30.0 Å². The smallest absolute Gasteiger partial charge is 0.307 e. The summed E-state index contributed by atoms with van der Waals surface area (Å²) in [6, 6.07) is 7.43. The van der Waals surface area contributed by atoms with Crippen molar-refractivity contribution in [3.8, 4) is 5.75 Å². The molecule has 0 unspecified atom stereocenters. The monoisotopic (exact) mass is 235 g/mol. The second-order valence-corrected chi connectivity index (χ2v) is 3.80. The molecule has 17 heavy (non-hydrogen) atoms. The lowest BCUT2D eigenvalue weighted by Crippen LogP contribution is -2.13. The van der Waals surface area contributed by atoms with Gasteiger partial charge in [-0.2, -0.15) is 0 Å². The molecule has 0 amide bonds. The van der Waals surface area contributed by atoms with E-state index in [1.165, 1.54) is 0 Å². The van der Waals surface area contributed by atoms with Gasteiger partial charge in [0.25, 0.3) is 0 Å². The Balaban J connectivity index is 2.02. The van der Waals surface area contributed by atoms with E-state index >= 15 is 0 Å². The fraction of sp³-hybridized carbons (Fsp3) is 0.333. The highest BCUT2D eigenvalue weighted by atomic mass is 16.6. The van der Waals surface area contributed by atoms with Crippen LogP contribution in [0.5, 0.6) is 5.75 Å². The van der Waals surface area contributed by atoms with Crippen LogP contribution in [0.2, 0.25) is 0 Å². The molecule has 0 aromatic heterocycles. The third-order valence-corrected chi connectivity index (χ3v) is 2.56. The number of carbonyl (C=O) groups is 1. The number of rotatable bonds is 4. The number of carboxylic acids is 1. The van der Waals surface area contributed by atoms with Gasteiger partial charge in [-0.15, -0.1) is 0 Å². The maximum atomic E-state index is 10.5. The molecule has 0 aliphatic carbocycles. The minimum atomic E-state index is -0.874. The fourth-order valence-electron chi connectivity index (χ4n) is 1.69. The van der Waals surface area contributed by atoms with Crippen LogP contribution in [0, 0.1) is 0 Å². The SMILES string of the molecule is COc1ccc(C2=NO[C@H](CC(=O)O)C2)cc1. The zero-order chi connectivity index (χ0) is 12.3. The average molecular weight is 235 g/mol. The van der Waals surface area contributed by atoms with E-state index in [4.69, 9.17) is 14.7 Å². The van der Waals surface area contributed by atoms with E-state index in [1.54, 1.807) is 7.11 Å². The standard InChI is InChI=1S/C12H13NO4/c1-16-9-4-2-8(3-5-9)11-6-10(17-13-11)7-12(14)15/h2-5,10H,6-7H2,1H3,(H,14,15)/t10-/m0/s1. The van der Waals surface area contributed by atoms with Gasteiger partial charge in [-0.3, -0.25) is 4.79 Å². The summed E-state index contributed by atoms with van der Waals surface area (Å²) in [5.74, 6) is -0.100. The molecule has 1 aliphatic rings. The van der Waals surface area contributed by atoms with Crippen LogP contribution in [-0.2, 0) is 9.63 Å². The Kier molecular flexibility index (Phi) is 3.27. The second kappa shape index (κ2) is 4.86. The first-order valence-corrected chi connectivity index (χ1v) is 5.28. The van der Waals surface area contributed by atoms with Crippen LogP contribution >= 0.6 is 0 Å². The van der Waals surface area contributed by atoms with Gasteiger partial charge in [-0.25, -0.2) is 0 Å². The van der Waals surface area contributed by atoms with Gasteiger partial charge >= 0.3 is 5.97 Å². The third kappa shape index (κ3) is 2.75. The highest BCUT2D eigenvalue weighted by Crippen LogP contribution is 2.20. The van der Waals surface area contributed by atoms with Crippen LogP contribution in [0.15, 0.2) is 29.4 Å². The molecule has 90 valence electrons. The summed E-state index contributed by atoms with van der Waals surface area (Å²) in [6.45, 7) is 0. The number of hydrogen-bond donors (Lipinski definition) is 1. The maximum absolute atomic E-state index is 10.5. The molecule has 1 heterocycles. The first-order chi connectivity index (χ1) is 8.19. The molecular formula is C12H13NO4. The quantitative estimate of drug-likeness (QED) is 0.861. The molecule has 0 spiro atoms. The first kappa shape index (κ1) is 11.4. The van der Waals surface area contributed by atoms with Gasteiger partial charge in [0.1, 0.15) is 11.9 Å². The maximum Gasteiger partial charge on any atom is 0.307 e. The van der Waals surface area contributed by atoms with Crippen LogP contribution in [0.3, 0.4) is 0 Å². The summed E-state index contributed by atoms with van der Waals surface area (Å²) < 4.78 is 5.06. The highest BCUT2D eigenvalue weighted by Gasteiger charge is 2.24. The molecule has 5 nitrogen and oxygen atoms in total. The molecule has 1 aromatic carbocycles. The predicted molar refractivity (Wildman–Crippen MR) is 61.3 cm³/mol. The van der Waals surface area contributed by atoms with Crippen molar-refractivity contribution in [3.05, 3.63) is 29.8 Å². The Labute approximate surface area is 98.6 Å².